The second-order valence-electron chi connectivity index (χ2n) is 5.41. The number of methoxy groups -OCH3 is 1. The summed E-state index contributed by atoms with van der Waals surface area (Å²) in [7, 11) is 1.65. The first-order valence-electron chi connectivity index (χ1n) is 7.64. The molecule has 2 rings (SSSR count). The molecule has 0 saturated heterocycles. The van der Waals surface area contributed by atoms with Gasteiger partial charge in [-0.2, -0.15) is 0 Å². The van der Waals surface area contributed by atoms with Crippen LogP contribution in [0.2, 0.25) is 5.02 Å². The molecule has 0 heterocycles. The molecule has 0 radical (unpaired) electrons. The van der Waals surface area contributed by atoms with Crippen molar-refractivity contribution >= 4 is 46.4 Å². The Labute approximate surface area is 158 Å². The normalized spacial score (nSPS) is 11.6. The lowest BCUT2D eigenvalue weighted by molar-refractivity contribution is 0.417. The Balaban J connectivity index is 1.73. The summed E-state index contributed by atoms with van der Waals surface area (Å²) in [6.45, 7) is 3.00. The van der Waals surface area contributed by atoms with E-state index in [9.17, 15) is 0 Å². The molecular formula is C18H21ClN2OS2. The van der Waals surface area contributed by atoms with Crippen LogP contribution in [0.4, 0.5) is 5.69 Å². The highest BCUT2D eigenvalue weighted by molar-refractivity contribution is 7.99. The Kier molecular flexibility index (Phi) is 7.69. The highest BCUT2D eigenvalue weighted by atomic mass is 35.5. The van der Waals surface area contributed by atoms with Crippen LogP contribution in [0.3, 0.4) is 0 Å². The van der Waals surface area contributed by atoms with Gasteiger partial charge in [-0.05, 0) is 54.5 Å². The molecule has 1 unspecified atom stereocenters. The van der Waals surface area contributed by atoms with Crippen molar-refractivity contribution < 1.29 is 4.74 Å². The summed E-state index contributed by atoms with van der Waals surface area (Å²) in [5, 5.41) is 7.79. The number of halogens is 1. The molecule has 0 bridgehead atoms. The quantitative estimate of drug-likeness (QED) is 0.518. The van der Waals surface area contributed by atoms with Gasteiger partial charge in [0, 0.05) is 22.2 Å². The lowest BCUT2D eigenvalue weighted by atomic mass is 10.2. The molecule has 6 heteroatoms. The van der Waals surface area contributed by atoms with Gasteiger partial charge in [0.1, 0.15) is 5.75 Å². The first kappa shape index (κ1) is 18.9. The van der Waals surface area contributed by atoms with Gasteiger partial charge in [-0.1, -0.05) is 30.7 Å². The van der Waals surface area contributed by atoms with Crippen LogP contribution in [0, 0.1) is 5.92 Å². The number of benzene rings is 2. The van der Waals surface area contributed by atoms with Crippen LogP contribution in [0.25, 0.3) is 0 Å². The average molecular weight is 381 g/mol. The van der Waals surface area contributed by atoms with Crippen molar-refractivity contribution in [3.63, 3.8) is 0 Å². The van der Waals surface area contributed by atoms with Crippen molar-refractivity contribution in [3.8, 4) is 5.75 Å². The topological polar surface area (TPSA) is 33.3 Å². The molecular weight excluding hydrogens is 360 g/mol. The van der Waals surface area contributed by atoms with Gasteiger partial charge in [0.25, 0.3) is 0 Å². The molecule has 3 nitrogen and oxygen atoms in total. The summed E-state index contributed by atoms with van der Waals surface area (Å²) in [4.78, 5) is 1.22. The van der Waals surface area contributed by atoms with E-state index in [0.29, 0.717) is 11.0 Å². The zero-order valence-corrected chi connectivity index (χ0v) is 16.1. The van der Waals surface area contributed by atoms with Gasteiger partial charge in [-0.25, -0.2) is 0 Å². The van der Waals surface area contributed by atoms with Crippen LogP contribution < -0.4 is 15.4 Å². The molecule has 24 heavy (non-hydrogen) atoms. The summed E-state index contributed by atoms with van der Waals surface area (Å²) in [6.07, 6.45) is 0. The fraction of sp³-hybridized carbons (Fsp3) is 0.278. The molecule has 2 aromatic carbocycles. The van der Waals surface area contributed by atoms with Gasteiger partial charge in [0.2, 0.25) is 0 Å². The van der Waals surface area contributed by atoms with Crippen molar-refractivity contribution in [2.24, 2.45) is 5.92 Å². The maximum atomic E-state index is 5.90. The van der Waals surface area contributed by atoms with Gasteiger partial charge in [-0.15, -0.1) is 11.8 Å². The zero-order chi connectivity index (χ0) is 17.4. The predicted molar refractivity (Wildman–Crippen MR) is 109 cm³/mol. The van der Waals surface area contributed by atoms with E-state index >= 15 is 0 Å². The summed E-state index contributed by atoms with van der Waals surface area (Å²) in [5.41, 5.74) is 0.862. The van der Waals surface area contributed by atoms with Crippen molar-refractivity contribution in [3.05, 3.63) is 53.6 Å². The summed E-state index contributed by atoms with van der Waals surface area (Å²) >= 11 is 13.1. The molecule has 0 fully saturated rings. The average Bonchev–Trinajstić information content (AvgIpc) is 2.60. The van der Waals surface area contributed by atoms with Crippen LogP contribution in [0.1, 0.15) is 6.92 Å². The molecule has 0 aliphatic carbocycles. The Hall–Kier alpha value is -1.43. The van der Waals surface area contributed by atoms with Gasteiger partial charge in [0.05, 0.1) is 12.8 Å². The Bertz CT molecular complexity index is 664. The third kappa shape index (κ3) is 6.23. The largest absolute Gasteiger partial charge is 0.495 e. The first-order valence-corrected chi connectivity index (χ1v) is 9.42. The van der Waals surface area contributed by atoms with Crippen molar-refractivity contribution in [1.29, 1.82) is 0 Å². The van der Waals surface area contributed by atoms with E-state index in [4.69, 9.17) is 28.6 Å². The zero-order valence-electron chi connectivity index (χ0n) is 13.7. The second kappa shape index (κ2) is 9.77. The SMILES string of the molecule is COc1ccccc1NC(=S)NCC(C)CSc1ccc(Cl)cc1. The van der Waals surface area contributed by atoms with E-state index in [-0.39, 0.29) is 0 Å². The maximum absolute atomic E-state index is 5.90. The number of hydrogen-bond donors (Lipinski definition) is 2. The van der Waals surface area contributed by atoms with Gasteiger partial charge in [-0.3, -0.25) is 0 Å². The molecule has 0 amide bonds. The summed E-state index contributed by atoms with van der Waals surface area (Å²) < 4.78 is 5.31. The number of hydrogen-bond acceptors (Lipinski definition) is 3. The van der Waals surface area contributed by atoms with Crippen LogP contribution in [0.5, 0.6) is 5.75 Å². The van der Waals surface area contributed by atoms with Crippen molar-refractivity contribution in [2.75, 3.05) is 24.7 Å². The van der Waals surface area contributed by atoms with Crippen LogP contribution in [-0.2, 0) is 0 Å². The molecule has 0 spiro atoms. The van der Waals surface area contributed by atoms with Gasteiger partial charge in [0.15, 0.2) is 5.11 Å². The number of anilines is 1. The van der Waals surface area contributed by atoms with Crippen LogP contribution in [-0.4, -0.2) is 24.5 Å². The molecule has 1 atom stereocenters. The molecule has 0 aliphatic rings. The second-order valence-corrected chi connectivity index (χ2v) is 7.34. The highest BCUT2D eigenvalue weighted by Gasteiger charge is 2.07. The Morgan fingerprint density at radius 1 is 1.21 bits per heavy atom. The third-order valence-corrected chi connectivity index (χ3v) is 5.15. The minimum Gasteiger partial charge on any atom is -0.495 e. The van der Waals surface area contributed by atoms with Gasteiger partial charge < -0.3 is 15.4 Å². The number of ether oxygens (including phenoxy) is 1. The van der Waals surface area contributed by atoms with E-state index in [1.54, 1.807) is 7.11 Å². The number of rotatable bonds is 7. The molecule has 0 aliphatic heterocycles. The minimum absolute atomic E-state index is 0.475. The van der Waals surface area contributed by atoms with Crippen molar-refractivity contribution in [1.82, 2.24) is 5.32 Å². The summed E-state index contributed by atoms with van der Waals surface area (Å²) in [6, 6.07) is 15.6. The van der Waals surface area contributed by atoms with Crippen LogP contribution >= 0.6 is 35.6 Å². The lowest BCUT2D eigenvalue weighted by Gasteiger charge is -2.16. The summed E-state index contributed by atoms with van der Waals surface area (Å²) in [5.74, 6) is 2.25. The van der Waals surface area contributed by atoms with E-state index in [1.165, 1.54) is 4.90 Å². The maximum Gasteiger partial charge on any atom is 0.170 e. The predicted octanol–water partition coefficient (Wildman–Crippen LogP) is 5.06. The minimum atomic E-state index is 0.475. The molecule has 128 valence electrons. The van der Waals surface area contributed by atoms with Crippen LogP contribution in [0.15, 0.2) is 53.4 Å². The monoisotopic (exact) mass is 380 g/mol. The highest BCUT2D eigenvalue weighted by Crippen LogP contribution is 2.23. The number of thioether (sulfide) groups is 1. The standard InChI is InChI=1S/C18H21ClN2OS2/c1-13(12-24-15-9-7-14(19)8-10-15)11-20-18(23)21-16-5-3-4-6-17(16)22-2/h3-10,13H,11-12H2,1-2H3,(H2,20,21,23). The lowest BCUT2D eigenvalue weighted by Crippen LogP contribution is -2.32. The number of nitrogens with one attached hydrogen (secondary N) is 2. The van der Waals surface area contributed by atoms with E-state index < -0.39 is 0 Å². The van der Waals surface area contributed by atoms with E-state index in [2.05, 4.69) is 17.6 Å². The molecule has 0 aromatic heterocycles. The number of thiocarbonyl (C=S) groups is 1. The van der Waals surface area contributed by atoms with Gasteiger partial charge >= 0.3 is 0 Å². The number of para-hydroxylation sites is 2. The van der Waals surface area contributed by atoms with E-state index in [1.807, 2.05) is 60.3 Å². The Morgan fingerprint density at radius 2 is 1.92 bits per heavy atom. The smallest absolute Gasteiger partial charge is 0.170 e. The molecule has 2 N–H and O–H groups in total. The van der Waals surface area contributed by atoms with Crippen molar-refractivity contribution in [2.45, 2.75) is 11.8 Å². The first-order chi connectivity index (χ1) is 11.6. The Morgan fingerprint density at radius 3 is 2.62 bits per heavy atom. The molecule has 0 saturated carbocycles. The third-order valence-electron chi connectivity index (χ3n) is 3.31. The fourth-order valence-corrected chi connectivity index (χ4v) is 3.25. The fourth-order valence-electron chi connectivity index (χ4n) is 2.01. The van der Waals surface area contributed by atoms with E-state index in [0.717, 1.165) is 28.8 Å². The molecule has 2 aromatic rings.